The first-order valence-electron chi connectivity index (χ1n) is 9.35. The van der Waals surface area contributed by atoms with Crippen LogP contribution in [0.1, 0.15) is 28.6 Å². The largest absolute Gasteiger partial charge is 0.459 e. The highest BCUT2D eigenvalue weighted by Gasteiger charge is 2.27. The van der Waals surface area contributed by atoms with Gasteiger partial charge in [0.1, 0.15) is 6.54 Å². The third kappa shape index (κ3) is 4.79. The van der Waals surface area contributed by atoms with Gasteiger partial charge in [-0.1, -0.05) is 29.8 Å². The van der Waals surface area contributed by atoms with Crippen LogP contribution in [0.3, 0.4) is 0 Å². The van der Waals surface area contributed by atoms with Gasteiger partial charge in [0.2, 0.25) is 11.8 Å². The molecule has 0 N–H and O–H groups in total. The van der Waals surface area contributed by atoms with E-state index >= 15 is 0 Å². The molecule has 1 fully saturated rings. The Morgan fingerprint density at radius 3 is 2.36 bits per heavy atom. The molecule has 0 bridgehead atoms. The standard InChI is InChI=1S/C21H25N3O4/c1-16-5-3-6-18(13-16)14-24(17(2)25)15-20(26)22-8-10-23(11-9-22)21(27)19-7-4-12-28-19/h3-7,12-13H,8-11,14-15H2,1-2H3. The van der Waals surface area contributed by atoms with Crippen molar-refractivity contribution in [2.45, 2.75) is 20.4 Å². The molecule has 3 rings (SSSR count). The fourth-order valence-electron chi connectivity index (χ4n) is 3.29. The molecule has 148 valence electrons. The molecule has 1 aliphatic rings. The first-order chi connectivity index (χ1) is 13.4. The van der Waals surface area contributed by atoms with Crippen LogP contribution in [0.15, 0.2) is 47.1 Å². The smallest absolute Gasteiger partial charge is 0.289 e. The molecule has 28 heavy (non-hydrogen) atoms. The Bertz CT molecular complexity index is 839. The van der Waals surface area contributed by atoms with Crippen molar-refractivity contribution >= 4 is 17.7 Å². The first kappa shape index (κ1) is 19.7. The van der Waals surface area contributed by atoms with Gasteiger partial charge in [-0.3, -0.25) is 14.4 Å². The molecule has 0 saturated carbocycles. The normalized spacial score (nSPS) is 14.1. The van der Waals surface area contributed by atoms with Crippen molar-refractivity contribution in [1.82, 2.24) is 14.7 Å². The number of furan rings is 1. The van der Waals surface area contributed by atoms with E-state index in [0.29, 0.717) is 38.5 Å². The lowest BCUT2D eigenvalue weighted by Gasteiger charge is -2.35. The molecule has 7 heteroatoms. The van der Waals surface area contributed by atoms with Gasteiger partial charge in [0.15, 0.2) is 5.76 Å². The number of piperazine rings is 1. The van der Waals surface area contributed by atoms with Gasteiger partial charge < -0.3 is 19.1 Å². The summed E-state index contributed by atoms with van der Waals surface area (Å²) >= 11 is 0. The number of carbonyl (C=O) groups is 3. The molecule has 1 saturated heterocycles. The van der Waals surface area contributed by atoms with Crippen LogP contribution in [0.4, 0.5) is 0 Å². The summed E-state index contributed by atoms with van der Waals surface area (Å²) in [4.78, 5) is 42.0. The Hall–Kier alpha value is -3.09. The summed E-state index contributed by atoms with van der Waals surface area (Å²) in [5.41, 5.74) is 2.11. The molecule has 3 amide bonds. The Morgan fingerprint density at radius 2 is 1.75 bits per heavy atom. The molecular weight excluding hydrogens is 358 g/mol. The second-order valence-electron chi connectivity index (χ2n) is 7.01. The number of hydrogen-bond donors (Lipinski definition) is 0. The average molecular weight is 383 g/mol. The molecule has 2 aromatic rings. The molecule has 1 aromatic carbocycles. The Morgan fingerprint density at radius 1 is 1.04 bits per heavy atom. The fraction of sp³-hybridized carbons (Fsp3) is 0.381. The monoisotopic (exact) mass is 383 g/mol. The molecule has 7 nitrogen and oxygen atoms in total. The van der Waals surface area contributed by atoms with Crippen LogP contribution in [0.25, 0.3) is 0 Å². The molecular formula is C21H25N3O4. The van der Waals surface area contributed by atoms with Gasteiger partial charge >= 0.3 is 0 Å². The van der Waals surface area contributed by atoms with E-state index in [0.717, 1.165) is 11.1 Å². The van der Waals surface area contributed by atoms with E-state index in [1.54, 1.807) is 26.8 Å². The first-order valence-corrected chi connectivity index (χ1v) is 9.35. The van der Waals surface area contributed by atoms with Gasteiger partial charge in [0.05, 0.1) is 6.26 Å². The van der Waals surface area contributed by atoms with Crippen LogP contribution in [-0.2, 0) is 16.1 Å². The number of carbonyl (C=O) groups excluding carboxylic acids is 3. The molecule has 0 aliphatic carbocycles. The summed E-state index contributed by atoms with van der Waals surface area (Å²) in [7, 11) is 0. The number of amides is 3. The van der Waals surface area contributed by atoms with Gasteiger partial charge in [-0.2, -0.15) is 0 Å². The van der Waals surface area contributed by atoms with E-state index < -0.39 is 0 Å². The summed E-state index contributed by atoms with van der Waals surface area (Å²) in [6.45, 7) is 5.70. The summed E-state index contributed by atoms with van der Waals surface area (Å²) < 4.78 is 5.15. The van der Waals surface area contributed by atoms with E-state index in [9.17, 15) is 14.4 Å². The number of hydrogen-bond acceptors (Lipinski definition) is 4. The summed E-state index contributed by atoms with van der Waals surface area (Å²) in [6.07, 6.45) is 1.47. The minimum atomic E-state index is -0.165. The van der Waals surface area contributed by atoms with Crippen LogP contribution in [-0.4, -0.2) is 65.1 Å². The molecule has 2 heterocycles. The Labute approximate surface area is 164 Å². The summed E-state index contributed by atoms with van der Waals surface area (Å²) in [5.74, 6) is -0.1000. The van der Waals surface area contributed by atoms with Gasteiger partial charge in [-0.25, -0.2) is 0 Å². The van der Waals surface area contributed by atoms with Crippen molar-refractivity contribution in [3.05, 3.63) is 59.5 Å². The lowest BCUT2D eigenvalue weighted by atomic mass is 10.1. The Balaban J connectivity index is 1.55. The van der Waals surface area contributed by atoms with Crippen LogP contribution in [0.2, 0.25) is 0 Å². The highest BCUT2D eigenvalue weighted by Crippen LogP contribution is 2.12. The third-order valence-electron chi connectivity index (χ3n) is 4.88. The van der Waals surface area contributed by atoms with E-state index in [1.165, 1.54) is 13.2 Å². The molecule has 0 unspecified atom stereocenters. The van der Waals surface area contributed by atoms with Gasteiger partial charge in [-0.15, -0.1) is 0 Å². The van der Waals surface area contributed by atoms with Crippen LogP contribution in [0.5, 0.6) is 0 Å². The maximum absolute atomic E-state index is 12.7. The minimum Gasteiger partial charge on any atom is -0.459 e. The summed E-state index contributed by atoms with van der Waals surface area (Å²) in [5, 5.41) is 0. The maximum atomic E-state index is 12.7. The van der Waals surface area contributed by atoms with Crippen molar-refractivity contribution in [3.63, 3.8) is 0 Å². The van der Waals surface area contributed by atoms with E-state index in [4.69, 9.17) is 4.42 Å². The third-order valence-corrected chi connectivity index (χ3v) is 4.88. The summed E-state index contributed by atoms with van der Waals surface area (Å²) in [6, 6.07) is 11.2. The minimum absolute atomic E-state index is 0.0371. The van der Waals surface area contributed by atoms with Gasteiger partial charge in [0.25, 0.3) is 5.91 Å². The zero-order valence-corrected chi connectivity index (χ0v) is 16.3. The van der Waals surface area contributed by atoms with Crippen LogP contribution < -0.4 is 0 Å². The maximum Gasteiger partial charge on any atom is 0.289 e. The highest BCUT2D eigenvalue weighted by molar-refractivity contribution is 5.91. The average Bonchev–Trinajstić information content (AvgIpc) is 3.21. The van der Waals surface area contributed by atoms with Gasteiger partial charge in [-0.05, 0) is 24.6 Å². The second-order valence-corrected chi connectivity index (χ2v) is 7.01. The fourth-order valence-corrected chi connectivity index (χ4v) is 3.29. The predicted octanol–water partition coefficient (Wildman–Crippen LogP) is 1.92. The van der Waals surface area contributed by atoms with Crippen molar-refractivity contribution in [2.24, 2.45) is 0 Å². The predicted molar refractivity (Wildman–Crippen MR) is 103 cm³/mol. The zero-order chi connectivity index (χ0) is 20.1. The van der Waals surface area contributed by atoms with E-state index in [-0.39, 0.29) is 24.3 Å². The molecule has 0 spiro atoms. The number of aryl methyl sites for hydroxylation is 1. The van der Waals surface area contributed by atoms with Crippen LogP contribution >= 0.6 is 0 Å². The quantitative estimate of drug-likeness (QED) is 0.791. The highest BCUT2D eigenvalue weighted by atomic mass is 16.3. The van der Waals surface area contributed by atoms with Crippen molar-refractivity contribution < 1.29 is 18.8 Å². The number of nitrogens with zero attached hydrogens (tertiary/aromatic N) is 3. The van der Waals surface area contributed by atoms with E-state index in [1.807, 2.05) is 31.2 Å². The second kappa shape index (κ2) is 8.73. The van der Waals surface area contributed by atoms with Gasteiger partial charge in [0, 0.05) is 39.6 Å². The van der Waals surface area contributed by atoms with Crippen LogP contribution in [0, 0.1) is 6.92 Å². The van der Waals surface area contributed by atoms with Crippen molar-refractivity contribution in [2.75, 3.05) is 32.7 Å². The molecule has 1 aliphatic heterocycles. The lowest BCUT2D eigenvalue weighted by molar-refractivity contribution is -0.140. The van der Waals surface area contributed by atoms with Crippen molar-refractivity contribution in [3.8, 4) is 0 Å². The topological polar surface area (TPSA) is 74.1 Å². The van der Waals surface area contributed by atoms with Crippen molar-refractivity contribution in [1.29, 1.82) is 0 Å². The molecule has 0 radical (unpaired) electrons. The Kier molecular flexibility index (Phi) is 6.13. The SMILES string of the molecule is CC(=O)N(CC(=O)N1CCN(C(=O)c2ccco2)CC1)Cc1cccc(C)c1. The van der Waals surface area contributed by atoms with E-state index in [2.05, 4.69) is 0 Å². The lowest BCUT2D eigenvalue weighted by Crippen LogP contribution is -2.52. The zero-order valence-electron chi connectivity index (χ0n) is 16.3. The number of rotatable bonds is 5. The molecule has 1 aromatic heterocycles. The number of benzene rings is 1. The molecule has 0 atom stereocenters.